The molecule has 0 radical (unpaired) electrons. The number of halogens is 2. The van der Waals surface area contributed by atoms with Crippen molar-refractivity contribution < 1.29 is 19.1 Å². The van der Waals surface area contributed by atoms with Crippen LogP contribution >= 0.6 is 11.6 Å². The molecule has 1 saturated carbocycles. The number of rotatable bonds is 6. The number of fused-ring (bicyclic) bond motifs is 1. The number of carbonyl (C=O) groups is 1. The summed E-state index contributed by atoms with van der Waals surface area (Å²) >= 11 is 5.81. The lowest BCUT2D eigenvalue weighted by molar-refractivity contribution is -0.179. The number of carbonyl (C=O) groups excluding carboxylic acids is 1. The first-order valence-electron chi connectivity index (χ1n) is 9.20. The van der Waals surface area contributed by atoms with Crippen molar-refractivity contribution in [1.82, 2.24) is 20.2 Å². The highest BCUT2D eigenvalue weighted by molar-refractivity contribution is 6.30. The van der Waals surface area contributed by atoms with Crippen LogP contribution in [0.25, 0.3) is 0 Å². The lowest BCUT2D eigenvalue weighted by Gasteiger charge is -2.28. The number of aromatic amines is 1. The minimum atomic E-state index is -0.463. The number of hydroxylamine groups is 2. The number of benzene rings is 1. The average molecular weight is 409 g/mol. The van der Waals surface area contributed by atoms with Gasteiger partial charge in [0, 0.05) is 31.3 Å². The molecule has 4 rings (SSSR count). The van der Waals surface area contributed by atoms with E-state index in [1.165, 1.54) is 12.1 Å². The van der Waals surface area contributed by atoms with Crippen LogP contribution in [0.2, 0.25) is 5.02 Å². The number of hydrogen-bond donors (Lipinski definition) is 2. The minimum Gasteiger partial charge on any atom is -0.394 e. The normalized spacial score (nSPS) is 18.0. The number of likely N-dealkylation sites (N-methyl/N-ethyl adjacent to an activating group) is 1. The standard InChI is InChI=1S/C19H22ClFN4O3/c1-24(19(11-26)5-6-19)18(27)17-13-9-25(7-4-16(13)22-23-17)28-10-12-2-3-15(21)14(20)8-12/h2-3,8,26H,4-7,9-11H2,1H3,(H,22,23). The summed E-state index contributed by atoms with van der Waals surface area (Å²) in [6.07, 6.45) is 2.27. The lowest BCUT2D eigenvalue weighted by atomic mass is 10.1. The van der Waals surface area contributed by atoms with Gasteiger partial charge in [-0.15, -0.1) is 0 Å². The zero-order valence-electron chi connectivity index (χ0n) is 15.5. The molecule has 2 aromatic rings. The molecule has 7 nitrogen and oxygen atoms in total. The van der Waals surface area contributed by atoms with Gasteiger partial charge in [0.05, 0.1) is 30.3 Å². The Balaban J connectivity index is 1.44. The molecule has 1 amide bonds. The highest BCUT2D eigenvalue weighted by Gasteiger charge is 2.49. The van der Waals surface area contributed by atoms with E-state index < -0.39 is 11.4 Å². The number of aliphatic hydroxyl groups excluding tert-OH is 1. The van der Waals surface area contributed by atoms with E-state index in [2.05, 4.69) is 10.2 Å². The number of nitrogens with one attached hydrogen (secondary N) is 1. The molecule has 0 spiro atoms. The SMILES string of the molecule is CN(C(=O)c1n[nH]c2c1CN(OCc1ccc(F)c(Cl)c1)CC2)C1(CO)CC1. The number of H-pyrrole nitrogens is 1. The van der Waals surface area contributed by atoms with Crippen LogP contribution in [0, 0.1) is 5.82 Å². The Morgan fingerprint density at radius 1 is 1.50 bits per heavy atom. The quantitative estimate of drug-likeness (QED) is 0.766. The van der Waals surface area contributed by atoms with Gasteiger partial charge in [-0.25, -0.2) is 4.39 Å². The summed E-state index contributed by atoms with van der Waals surface area (Å²) in [5.74, 6) is -0.661. The molecule has 28 heavy (non-hydrogen) atoms. The van der Waals surface area contributed by atoms with E-state index >= 15 is 0 Å². The van der Waals surface area contributed by atoms with Crippen molar-refractivity contribution in [3.63, 3.8) is 0 Å². The topological polar surface area (TPSA) is 81.7 Å². The van der Waals surface area contributed by atoms with Gasteiger partial charge in [0.1, 0.15) is 5.82 Å². The Hall–Kier alpha value is -2.00. The molecule has 1 fully saturated rings. The van der Waals surface area contributed by atoms with Crippen LogP contribution in [0.15, 0.2) is 18.2 Å². The van der Waals surface area contributed by atoms with Crippen molar-refractivity contribution in [2.45, 2.75) is 38.0 Å². The van der Waals surface area contributed by atoms with Crippen molar-refractivity contribution in [2.24, 2.45) is 0 Å². The second-order valence-corrected chi connectivity index (χ2v) is 7.82. The average Bonchev–Trinajstić information content (AvgIpc) is 3.40. The summed E-state index contributed by atoms with van der Waals surface area (Å²) in [5, 5.41) is 18.6. The highest BCUT2D eigenvalue weighted by atomic mass is 35.5. The summed E-state index contributed by atoms with van der Waals surface area (Å²) in [6.45, 7) is 1.28. The third-order valence-electron chi connectivity index (χ3n) is 5.64. The monoisotopic (exact) mass is 408 g/mol. The largest absolute Gasteiger partial charge is 0.394 e. The van der Waals surface area contributed by atoms with Gasteiger partial charge in [-0.05, 0) is 30.5 Å². The van der Waals surface area contributed by atoms with Gasteiger partial charge >= 0.3 is 0 Å². The van der Waals surface area contributed by atoms with Gasteiger partial charge < -0.3 is 10.0 Å². The molecule has 1 aromatic carbocycles. The van der Waals surface area contributed by atoms with Crippen LogP contribution in [0.3, 0.4) is 0 Å². The molecule has 0 atom stereocenters. The smallest absolute Gasteiger partial charge is 0.274 e. The Morgan fingerprint density at radius 2 is 2.29 bits per heavy atom. The van der Waals surface area contributed by atoms with Gasteiger partial charge in [0.2, 0.25) is 0 Å². The van der Waals surface area contributed by atoms with E-state index in [0.29, 0.717) is 25.2 Å². The maximum atomic E-state index is 13.3. The second kappa shape index (κ2) is 7.44. The molecule has 2 N–H and O–H groups in total. The minimum absolute atomic E-state index is 0.0443. The fourth-order valence-electron chi connectivity index (χ4n) is 3.47. The second-order valence-electron chi connectivity index (χ2n) is 7.41. The maximum Gasteiger partial charge on any atom is 0.274 e. The molecule has 1 aliphatic carbocycles. The van der Waals surface area contributed by atoms with Crippen molar-refractivity contribution >= 4 is 17.5 Å². The molecule has 1 aliphatic heterocycles. The van der Waals surface area contributed by atoms with Crippen molar-refractivity contribution in [2.75, 3.05) is 20.2 Å². The van der Waals surface area contributed by atoms with E-state index in [1.807, 2.05) is 0 Å². The van der Waals surface area contributed by atoms with Crippen molar-refractivity contribution in [3.05, 3.63) is 51.6 Å². The molecule has 2 heterocycles. The van der Waals surface area contributed by atoms with Gasteiger partial charge in [-0.2, -0.15) is 10.2 Å². The Kier molecular flexibility index (Phi) is 5.13. The molecule has 9 heteroatoms. The van der Waals surface area contributed by atoms with Crippen LogP contribution in [0.4, 0.5) is 4.39 Å². The number of hydrogen-bond acceptors (Lipinski definition) is 5. The molecule has 2 aliphatic rings. The molecule has 150 valence electrons. The summed E-state index contributed by atoms with van der Waals surface area (Å²) < 4.78 is 13.3. The number of nitrogens with zero attached hydrogens (tertiary/aromatic N) is 3. The molecule has 0 unspecified atom stereocenters. The first-order valence-corrected chi connectivity index (χ1v) is 9.58. The molecule has 1 aromatic heterocycles. The summed E-state index contributed by atoms with van der Waals surface area (Å²) in [5.41, 5.74) is 2.42. The first-order chi connectivity index (χ1) is 13.4. The zero-order valence-corrected chi connectivity index (χ0v) is 16.3. The van der Waals surface area contributed by atoms with Crippen LogP contribution in [-0.4, -0.2) is 56.9 Å². The molecule has 0 bridgehead atoms. The lowest BCUT2D eigenvalue weighted by Crippen LogP contribution is -2.42. The predicted molar refractivity (Wildman–Crippen MR) is 100 cm³/mol. The van der Waals surface area contributed by atoms with Gasteiger partial charge in [0.25, 0.3) is 5.91 Å². The van der Waals surface area contributed by atoms with E-state index in [-0.39, 0.29) is 24.1 Å². The van der Waals surface area contributed by atoms with Crippen molar-refractivity contribution in [1.29, 1.82) is 0 Å². The molecule has 0 saturated heterocycles. The van der Waals surface area contributed by atoms with E-state index in [4.69, 9.17) is 16.4 Å². The molecular formula is C19H22ClFN4O3. The van der Waals surface area contributed by atoms with E-state index in [0.717, 1.165) is 29.7 Å². The Labute approximate surface area is 167 Å². The summed E-state index contributed by atoms with van der Waals surface area (Å²) in [6, 6.07) is 4.48. The van der Waals surface area contributed by atoms with Gasteiger partial charge in [0.15, 0.2) is 5.69 Å². The number of aliphatic hydroxyl groups is 1. The van der Waals surface area contributed by atoms with Crippen LogP contribution in [-0.2, 0) is 24.4 Å². The first kappa shape index (κ1) is 19.3. The van der Waals surface area contributed by atoms with Crippen LogP contribution < -0.4 is 0 Å². The number of amides is 1. The summed E-state index contributed by atoms with van der Waals surface area (Å²) in [4.78, 5) is 20.3. The zero-order chi connectivity index (χ0) is 19.9. The predicted octanol–water partition coefficient (Wildman–Crippen LogP) is 2.29. The van der Waals surface area contributed by atoms with Crippen molar-refractivity contribution in [3.8, 4) is 0 Å². The Bertz CT molecular complexity index is 899. The van der Waals surface area contributed by atoms with E-state index in [9.17, 15) is 14.3 Å². The maximum absolute atomic E-state index is 13.3. The Morgan fingerprint density at radius 3 is 2.96 bits per heavy atom. The van der Waals surface area contributed by atoms with Crippen LogP contribution in [0.1, 0.15) is 40.2 Å². The highest BCUT2D eigenvalue weighted by Crippen LogP contribution is 2.41. The third-order valence-corrected chi connectivity index (χ3v) is 5.93. The fourth-order valence-corrected chi connectivity index (χ4v) is 3.67. The molecular weight excluding hydrogens is 387 g/mol. The van der Waals surface area contributed by atoms with Crippen LogP contribution in [0.5, 0.6) is 0 Å². The van der Waals surface area contributed by atoms with E-state index in [1.54, 1.807) is 23.1 Å². The number of aromatic nitrogens is 2. The fraction of sp³-hybridized carbons (Fsp3) is 0.474. The summed E-state index contributed by atoms with van der Waals surface area (Å²) in [7, 11) is 1.71. The van der Waals surface area contributed by atoms with Gasteiger partial charge in [-0.3, -0.25) is 14.7 Å². The third kappa shape index (κ3) is 3.53. The van der Waals surface area contributed by atoms with Gasteiger partial charge in [-0.1, -0.05) is 17.7 Å².